The highest BCUT2D eigenvalue weighted by atomic mass is 79.9. The van der Waals surface area contributed by atoms with Crippen LogP contribution >= 0.6 is 38.9 Å². The Kier molecular flexibility index (Phi) is 5.83. The lowest BCUT2D eigenvalue weighted by molar-refractivity contribution is -0.115. The average Bonchev–Trinajstić information content (AvgIpc) is 2.97. The van der Waals surface area contributed by atoms with Crippen molar-refractivity contribution in [1.82, 2.24) is 4.98 Å². The molecule has 128 valence electrons. The first-order valence-corrected chi connectivity index (χ1v) is 9.47. The SMILES string of the molecule is O=C(Cc1csc(Cc2cccc(Cl)c2)n1)Nc1ccc(Br)cc1F. The first kappa shape index (κ1) is 18.0. The number of hydrogen-bond acceptors (Lipinski definition) is 3. The minimum Gasteiger partial charge on any atom is -0.323 e. The van der Waals surface area contributed by atoms with E-state index in [1.54, 1.807) is 6.07 Å². The molecule has 2 aromatic carbocycles. The molecular weight excluding hydrogens is 427 g/mol. The third-order valence-corrected chi connectivity index (χ3v) is 5.02. The van der Waals surface area contributed by atoms with E-state index >= 15 is 0 Å². The Morgan fingerprint density at radius 1 is 1.28 bits per heavy atom. The van der Waals surface area contributed by atoms with Crippen LogP contribution in [0.4, 0.5) is 10.1 Å². The van der Waals surface area contributed by atoms with E-state index in [4.69, 9.17) is 11.6 Å². The van der Waals surface area contributed by atoms with Gasteiger partial charge in [0.15, 0.2) is 0 Å². The number of anilines is 1. The van der Waals surface area contributed by atoms with Crippen LogP contribution in [-0.2, 0) is 17.6 Å². The summed E-state index contributed by atoms with van der Waals surface area (Å²) in [5.74, 6) is -0.788. The molecule has 25 heavy (non-hydrogen) atoms. The molecule has 0 radical (unpaired) electrons. The van der Waals surface area contributed by atoms with E-state index in [0.717, 1.165) is 10.6 Å². The molecule has 1 N–H and O–H groups in total. The van der Waals surface area contributed by atoms with Crippen molar-refractivity contribution in [3.05, 3.63) is 79.4 Å². The summed E-state index contributed by atoms with van der Waals surface area (Å²) in [4.78, 5) is 16.6. The van der Waals surface area contributed by atoms with Gasteiger partial charge in [0.25, 0.3) is 0 Å². The van der Waals surface area contributed by atoms with Crippen LogP contribution in [0.2, 0.25) is 5.02 Å². The molecule has 3 nitrogen and oxygen atoms in total. The predicted octanol–water partition coefficient (Wildman–Crippen LogP) is 5.47. The Morgan fingerprint density at radius 2 is 2.12 bits per heavy atom. The van der Waals surface area contributed by atoms with Gasteiger partial charge in [0.05, 0.1) is 22.8 Å². The van der Waals surface area contributed by atoms with Gasteiger partial charge in [0, 0.05) is 21.3 Å². The van der Waals surface area contributed by atoms with Gasteiger partial charge in [-0.1, -0.05) is 39.7 Å². The zero-order chi connectivity index (χ0) is 17.8. The fraction of sp³-hybridized carbons (Fsp3) is 0.111. The van der Waals surface area contributed by atoms with E-state index in [1.165, 1.54) is 23.5 Å². The number of carbonyl (C=O) groups is 1. The van der Waals surface area contributed by atoms with Crippen molar-refractivity contribution in [3.63, 3.8) is 0 Å². The molecule has 3 aromatic rings. The monoisotopic (exact) mass is 438 g/mol. The molecule has 0 unspecified atom stereocenters. The van der Waals surface area contributed by atoms with Gasteiger partial charge in [0.1, 0.15) is 5.82 Å². The fourth-order valence-corrected chi connectivity index (χ4v) is 3.66. The summed E-state index contributed by atoms with van der Waals surface area (Å²) < 4.78 is 14.4. The smallest absolute Gasteiger partial charge is 0.230 e. The quantitative estimate of drug-likeness (QED) is 0.573. The molecule has 1 aromatic heterocycles. The molecule has 0 saturated carbocycles. The molecule has 0 atom stereocenters. The lowest BCUT2D eigenvalue weighted by Crippen LogP contribution is -2.15. The molecule has 0 saturated heterocycles. The van der Waals surface area contributed by atoms with Crippen LogP contribution in [0.3, 0.4) is 0 Å². The Hall–Kier alpha value is -1.76. The average molecular weight is 440 g/mol. The first-order chi connectivity index (χ1) is 12.0. The second-order valence-corrected chi connectivity index (χ2v) is 7.68. The highest BCUT2D eigenvalue weighted by Gasteiger charge is 2.11. The van der Waals surface area contributed by atoms with Gasteiger partial charge in [0.2, 0.25) is 5.91 Å². The van der Waals surface area contributed by atoms with Gasteiger partial charge in [-0.05, 0) is 35.9 Å². The molecule has 1 amide bonds. The van der Waals surface area contributed by atoms with Gasteiger partial charge in [-0.3, -0.25) is 4.79 Å². The third-order valence-electron chi connectivity index (χ3n) is 3.39. The highest BCUT2D eigenvalue weighted by molar-refractivity contribution is 9.10. The largest absolute Gasteiger partial charge is 0.323 e. The summed E-state index contributed by atoms with van der Waals surface area (Å²) in [6.45, 7) is 0. The summed E-state index contributed by atoms with van der Waals surface area (Å²) in [7, 11) is 0. The predicted molar refractivity (Wildman–Crippen MR) is 103 cm³/mol. The second kappa shape index (κ2) is 8.08. The van der Waals surface area contributed by atoms with Crippen molar-refractivity contribution in [2.24, 2.45) is 0 Å². The van der Waals surface area contributed by atoms with Gasteiger partial charge in [-0.15, -0.1) is 11.3 Å². The lowest BCUT2D eigenvalue weighted by atomic mass is 10.2. The molecule has 1 heterocycles. The molecule has 0 aliphatic rings. The number of thiazole rings is 1. The maximum atomic E-state index is 13.8. The van der Waals surface area contributed by atoms with E-state index in [1.807, 2.05) is 29.6 Å². The van der Waals surface area contributed by atoms with Gasteiger partial charge >= 0.3 is 0 Å². The first-order valence-electron chi connectivity index (χ1n) is 7.42. The molecule has 0 spiro atoms. The molecule has 0 fully saturated rings. The van der Waals surface area contributed by atoms with Crippen LogP contribution in [0.1, 0.15) is 16.3 Å². The topological polar surface area (TPSA) is 42.0 Å². The molecule has 0 aliphatic carbocycles. The minimum absolute atomic E-state index is 0.0988. The van der Waals surface area contributed by atoms with Crippen molar-refractivity contribution in [1.29, 1.82) is 0 Å². The maximum absolute atomic E-state index is 13.8. The van der Waals surface area contributed by atoms with E-state index in [2.05, 4.69) is 26.2 Å². The van der Waals surface area contributed by atoms with Gasteiger partial charge in [-0.25, -0.2) is 9.37 Å². The normalized spacial score (nSPS) is 10.7. The van der Waals surface area contributed by atoms with Gasteiger partial charge in [-0.2, -0.15) is 0 Å². The minimum atomic E-state index is -0.484. The van der Waals surface area contributed by atoms with Crippen molar-refractivity contribution >= 4 is 50.5 Å². The van der Waals surface area contributed by atoms with E-state index in [9.17, 15) is 9.18 Å². The molecule has 7 heteroatoms. The summed E-state index contributed by atoms with van der Waals surface area (Å²) in [5.41, 5.74) is 1.88. The van der Waals surface area contributed by atoms with Gasteiger partial charge < -0.3 is 5.32 Å². The van der Waals surface area contributed by atoms with Crippen LogP contribution < -0.4 is 5.32 Å². The lowest BCUT2D eigenvalue weighted by Gasteiger charge is -2.05. The Balaban J connectivity index is 1.61. The fourth-order valence-electron chi connectivity index (χ4n) is 2.28. The second-order valence-electron chi connectivity index (χ2n) is 5.39. The highest BCUT2D eigenvalue weighted by Crippen LogP contribution is 2.21. The zero-order valence-corrected chi connectivity index (χ0v) is 16.1. The van der Waals surface area contributed by atoms with Crippen molar-refractivity contribution in [2.75, 3.05) is 5.32 Å². The Morgan fingerprint density at radius 3 is 2.88 bits per heavy atom. The van der Waals surface area contributed by atoms with Crippen LogP contribution in [0.15, 0.2) is 52.3 Å². The summed E-state index contributed by atoms with van der Waals surface area (Å²) in [6.07, 6.45) is 0.760. The maximum Gasteiger partial charge on any atom is 0.230 e. The number of hydrogen-bond donors (Lipinski definition) is 1. The van der Waals surface area contributed by atoms with Crippen molar-refractivity contribution in [2.45, 2.75) is 12.8 Å². The summed E-state index contributed by atoms with van der Waals surface area (Å²) in [5, 5.41) is 6.00. The third kappa shape index (κ3) is 5.11. The number of halogens is 3. The summed E-state index contributed by atoms with van der Waals surface area (Å²) >= 11 is 10.7. The molecule has 0 bridgehead atoms. The Labute approximate surface area is 162 Å². The van der Waals surface area contributed by atoms with Crippen molar-refractivity contribution in [3.8, 4) is 0 Å². The number of aromatic nitrogens is 1. The standard InChI is InChI=1S/C18H13BrClFN2OS/c19-12-4-5-16(15(21)8-12)23-17(24)9-14-10-25-18(22-14)7-11-2-1-3-13(20)6-11/h1-6,8,10H,7,9H2,(H,23,24). The van der Waals surface area contributed by atoms with E-state index < -0.39 is 5.82 Å². The molecular formula is C18H13BrClFN2OS. The zero-order valence-electron chi connectivity index (χ0n) is 12.9. The summed E-state index contributed by atoms with van der Waals surface area (Å²) in [6, 6.07) is 12.1. The number of amides is 1. The van der Waals surface area contributed by atoms with E-state index in [-0.39, 0.29) is 18.0 Å². The Bertz CT molecular complexity index is 916. The van der Waals surface area contributed by atoms with Crippen LogP contribution in [0.5, 0.6) is 0 Å². The number of nitrogens with one attached hydrogen (secondary N) is 1. The van der Waals surface area contributed by atoms with E-state index in [0.29, 0.717) is 21.6 Å². The van der Waals surface area contributed by atoms with Crippen LogP contribution in [0, 0.1) is 5.82 Å². The van der Waals surface area contributed by atoms with Crippen LogP contribution in [-0.4, -0.2) is 10.9 Å². The number of rotatable bonds is 5. The molecule has 3 rings (SSSR count). The number of nitrogens with zero attached hydrogens (tertiary/aromatic N) is 1. The van der Waals surface area contributed by atoms with Crippen LogP contribution in [0.25, 0.3) is 0 Å². The molecule has 0 aliphatic heterocycles. The number of carbonyl (C=O) groups excluding carboxylic acids is 1. The number of benzene rings is 2. The van der Waals surface area contributed by atoms with Crippen molar-refractivity contribution < 1.29 is 9.18 Å².